The summed E-state index contributed by atoms with van der Waals surface area (Å²) in [7, 11) is -4.85. The van der Waals surface area contributed by atoms with Crippen LogP contribution in [0.2, 0.25) is 0 Å². The molecule has 0 bridgehead atoms. The monoisotopic (exact) mass is 613 g/mol. The Labute approximate surface area is 236 Å². The van der Waals surface area contributed by atoms with E-state index >= 15 is 0 Å². The lowest BCUT2D eigenvalue weighted by atomic mass is 10.1. The molecule has 1 aliphatic heterocycles. The van der Waals surface area contributed by atoms with Gasteiger partial charge in [0.25, 0.3) is 12.0 Å². The van der Waals surface area contributed by atoms with Gasteiger partial charge in [-0.15, -0.1) is 0 Å². The van der Waals surface area contributed by atoms with E-state index in [-0.39, 0.29) is 12.4 Å². The summed E-state index contributed by atoms with van der Waals surface area (Å²) in [6.45, 7) is 1.13. The van der Waals surface area contributed by atoms with Gasteiger partial charge in [0.15, 0.2) is 6.10 Å². The number of nitrogens with one attached hydrogen (secondary N) is 2. The number of carbonyl (C=O) groups excluding carboxylic acids is 1. The highest BCUT2D eigenvalue weighted by atomic mass is 31.2. The Kier molecular flexibility index (Phi) is 10.0. The molecule has 3 aromatic rings. The maximum absolute atomic E-state index is 14.3. The molecule has 1 unspecified atom stereocenters. The molecular weight excluding hydrogens is 586 g/mol. The minimum absolute atomic E-state index is 0.0627. The van der Waals surface area contributed by atoms with Crippen LogP contribution >= 0.6 is 7.75 Å². The summed E-state index contributed by atoms with van der Waals surface area (Å²) in [5.41, 5.74) is -1.75. The van der Waals surface area contributed by atoms with Crippen LogP contribution in [0.1, 0.15) is 25.1 Å². The number of aliphatic hydroxyl groups is 1. The van der Waals surface area contributed by atoms with Crippen molar-refractivity contribution >= 4 is 13.7 Å². The van der Waals surface area contributed by atoms with E-state index in [0.29, 0.717) is 16.3 Å². The van der Waals surface area contributed by atoms with Crippen molar-refractivity contribution in [2.24, 2.45) is 0 Å². The minimum atomic E-state index is -4.85. The van der Waals surface area contributed by atoms with E-state index in [9.17, 15) is 37.2 Å². The molecule has 12 nitrogen and oxygen atoms in total. The van der Waals surface area contributed by atoms with Crippen LogP contribution in [0.25, 0.3) is 0 Å². The van der Waals surface area contributed by atoms with Crippen molar-refractivity contribution in [2.45, 2.75) is 57.0 Å². The summed E-state index contributed by atoms with van der Waals surface area (Å²) >= 11 is 0. The Morgan fingerprint density at radius 2 is 1.81 bits per heavy atom. The molecule has 16 heteroatoms. The second-order valence-corrected chi connectivity index (χ2v) is 10.9. The first kappa shape index (κ1) is 31.2. The van der Waals surface area contributed by atoms with Gasteiger partial charge in [-0.25, -0.2) is 18.1 Å². The predicted octanol–water partition coefficient (Wildman–Crippen LogP) is 2.88. The van der Waals surface area contributed by atoms with E-state index in [0.717, 1.165) is 0 Å². The number of alkyl halides is 2. The fourth-order valence-corrected chi connectivity index (χ4v) is 5.74. The molecule has 226 valence electrons. The van der Waals surface area contributed by atoms with E-state index < -0.39 is 74.2 Å². The topological polar surface area (TPSA) is 158 Å². The molecule has 6 atom stereocenters. The van der Waals surface area contributed by atoms with Crippen molar-refractivity contribution in [1.82, 2.24) is 14.6 Å². The van der Waals surface area contributed by atoms with E-state index in [4.69, 9.17) is 18.5 Å². The number of carbonyl (C=O) groups is 1. The third-order valence-corrected chi connectivity index (χ3v) is 7.78. The standard InChI is InChI=1S/C26H27F3N3O9P/c1-15(25(35)38-14-16-8-4-2-5-9-16)31-42(37,40-17-10-6-3-7-11-17)41-22(23(28)29)21-19(33)12-20(39-21)32-13-18(27)24(34)30-26(32)36/h2-11,13,15,19-23,33H,12,14H2,1H3,(H,31,37)(H,30,34,36)/t15-,19?,20+,21-,22-,42+/m0/s1. The largest absolute Gasteiger partial charge is 0.460 e. The number of esters is 1. The van der Waals surface area contributed by atoms with Crippen molar-refractivity contribution < 1.29 is 46.2 Å². The smallest absolute Gasteiger partial charge is 0.460 e. The van der Waals surface area contributed by atoms with Gasteiger partial charge in [0.2, 0.25) is 5.82 Å². The number of benzene rings is 2. The highest BCUT2D eigenvalue weighted by Crippen LogP contribution is 2.49. The molecule has 3 N–H and O–H groups in total. The normalized spacial score (nSPS) is 21.4. The maximum Gasteiger partial charge on any atom is 0.460 e. The number of aromatic nitrogens is 2. The van der Waals surface area contributed by atoms with Gasteiger partial charge in [0.1, 0.15) is 30.7 Å². The number of hydrogen-bond donors (Lipinski definition) is 3. The molecule has 2 aromatic carbocycles. The lowest BCUT2D eigenvalue weighted by Gasteiger charge is -2.30. The lowest BCUT2D eigenvalue weighted by molar-refractivity contribution is -0.146. The molecule has 2 heterocycles. The molecule has 1 aliphatic rings. The third-order valence-electron chi connectivity index (χ3n) is 6.10. The minimum Gasteiger partial charge on any atom is -0.460 e. The van der Waals surface area contributed by atoms with Gasteiger partial charge in [-0.3, -0.25) is 23.7 Å². The molecule has 0 aliphatic carbocycles. The number of ether oxygens (including phenoxy) is 2. The van der Waals surface area contributed by atoms with Gasteiger partial charge in [-0.1, -0.05) is 48.5 Å². The quantitative estimate of drug-likeness (QED) is 0.205. The third kappa shape index (κ3) is 7.75. The Bertz CT molecular complexity index is 1520. The number of nitrogens with zero attached hydrogens (tertiary/aromatic N) is 1. The fourth-order valence-electron chi connectivity index (χ4n) is 4.07. The molecule has 42 heavy (non-hydrogen) atoms. The average molecular weight is 613 g/mol. The summed E-state index contributed by atoms with van der Waals surface area (Å²) in [5.74, 6) is -2.31. The van der Waals surface area contributed by atoms with E-state index in [2.05, 4.69) is 5.09 Å². The maximum atomic E-state index is 14.3. The number of aliphatic hydroxyl groups excluding tert-OH is 1. The van der Waals surface area contributed by atoms with E-state index in [1.807, 2.05) is 0 Å². The average Bonchev–Trinajstić information content (AvgIpc) is 3.33. The van der Waals surface area contributed by atoms with Crippen LogP contribution in [-0.4, -0.2) is 51.4 Å². The van der Waals surface area contributed by atoms with Gasteiger partial charge in [-0.2, -0.15) is 9.48 Å². The Morgan fingerprint density at radius 3 is 2.45 bits per heavy atom. The summed E-state index contributed by atoms with van der Waals surface area (Å²) in [4.78, 5) is 37.8. The van der Waals surface area contributed by atoms with Gasteiger partial charge in [0.05, 0.1) is 12.3 Å². The van der Waals surface area contributed by atoms with Gasteiger partial charge in [-0.05, 0) is 24.6 Å². The molecule has 0 spiro atoms. The Morgan fingerprint density at radius 1 is 1.17 bits per heavy atom. The van der Waals surface area contributed by atoms with Gasteiger partial charge < -0.3 is 19.1 Å². The molecule has 1 aromatic heterocycles. The number of H-pyrrole nitrogens is 1. The van der Waals surface area contributed by atoms with Crippen molar-refractivity contribution in [2.75, 3.05) is 0 Å². The van der Waals surface area contributed by atoms with Crippen LogP contribution in [0.4, 0.5) is 13.2 Å². The molecule has 4 rings (SSSR count). The van der Waals surface area contributed by atoms with Crippen molar-refractivity contribution in [3.63, 3.8) is 0 Å². The molecular formula is C26H27F3N3O9P. The van der Waals surface area contributed by atoms with Crippen LogP contribution in [0.5, 0.6) is 5.75 Å². The molecule has 0 radical (unpaired) electrons. The summed E-state index contributed by atoms with van der Waals surface area (Å²) in [6, 6.07) is 14.6. The van der Waals surface area contributed by atoms with Crippen LogP contribution < -0.4 is 20.9 Å². The second-order valence-electron chi connectivity index (χ2n) is 9.25. The Hall–Kier alpha value is -3.75. The first-order valence-corrected chi connectivity index (χ1v) is 14.1. The lowest BCUT2D eigenvalue weighted by Crippen LogP contribution is -2.44. The number of para-hydroxylation sites is 1. The molecule has 1 fully saturated rings. The van der Waals surface area contributed by atoms with Crippen LogP contribution in [0.15, 0.2) is 76.4 Å². The fraction of sp³-hybridized carbons (Fsp3) is 0.346. The van der Waals surface area contributed by atoms with Crippen molar-refractivity contribution in [3.05, 3.63) is 99.1 Å². The Balaban J connectivity index is 1.55. The molecule has 0 amide bonds. The summed E-state index contributed by atoms with van der Waals surface area (Å²) < 4.78 is 78.2. The van der Waals surface area contributed by atoms with Crippen molar-refractivity contribution in [3.8, 4) is 5.75 Å². The van der Waals surface area contributed by atoms with Crippen LogP contribution in [0.3, 0.4) is 0 Å². The zero-order valence-electron chi connectivity index (χ0n) is 22.0. The number of halogens is 3. The number of hydrogen-bond acceptors (Lipinski definition) is 9. The number of aromatic amines is 1. The zero-order chi connectivity index (χ0) is 30.4. The second kappa shape index (κ2) is 13.5. The summed E-state index contributed by atoms with van der Waals surface area (Å²) in [6.07, 6.45) is -10.9. The highest BCUT2D eigenvalue weighted by Gasteiger charge is 2.49. The SMILES string of the molecule is C[C@H](N[P@@](=O)(Oc1ccccc1)O[C@H](C(F)F)[C@H]1O[C@@H](n2cc(F)c(=O)[nH]c2=O)CC1O)C(=O)OCc1ccccc1. The molecule has 1 saturated heterocycles. The zero-order valence-corrected chi connectivity index (χ0v) is 22.9. The highest BCUT2D eigenvalue weighted by molar-refractivity contribution is 7.52. The van der Waals surface area contributed by atoms with Gasteiger partial charge in [0, 0.05) is 6.42 Å². The van der Waals surface area contributed by atoms with Crippen LogP contribution in [0, 0.1) is 5.82 Å². The van der Waals surface area contributed by atoms with Crippen molar-refractivity contribution in [1.29, 1.82) is 0 Å². The molecule has 0 saturated carbocycles. The first-order chi connectivity index (χ1) is 20.0. The number of rotatable bonds is 12. The van der Waals surface area contributed by atoms with Gasteiger partial charge >= 0.3 is 19.4 Å². The predicted molar refractivity (Wildman–Crippen MR) is 140 cm³/mol. The van der Waals surface area contributed by atoms with E-state index in [1.165, 1.54) is 31.2 Å². The van der Waals surface area contributed by atoms with Crippen LogP contribution in [-0.2, 0) is 30.0 Å². The summed E-state index contributed by atoms with van der Waals surface area (Å²) in [5, 5.41) is 12.8. The first-order valence-electron chi connectivity index (χ1n) is 12.6. The van der Waals surface area contributed by atoms with E-state index in [1.54, 1.807) is 41.4 Å².